The zero-order valence-corrected chi connectivity index (χ0v) is 14.7. The lowest BCUT2D eigenvalue weighted by Gasteiger charge is -2.02. The van der Waals surface area contributed by atoms with E-state index >= 15 is 0 Å². The van der Waals surface area contributed by atoms with Crippen LogP contribution in [0.25, 0.3) is 10.1 Å². The van der Waals surface area contributed by atoms with Crippen molar-refractivity contribution in [2.75, 3.05) is 6.54 Å². The van der Waals surface area contributed by atoms with Gasteiger partial charge in [-0.2, -0.15) is 5.10 Å². The van der Waals surface area contributed by atoms with Gasteiger partial charge in [0, 0.05) is 15.0 Å². The van der Waals surface area contributed by atoms with Gasteiger partial charge in [0.15, 0.2) is 0 Å². The van der Waals surface area contributed by atoms with E-state index in [-0.39, 0.29) is 12.5 Å². The first kappa shape index (κ1) is 16.6. The molecule has 5 nitrogen and oxygen atoms in total. The van der Waals surface area contributed by atoms with E-state index in [9.17, 15) is 9.59 Å². The van der Waals surface area contributed by atoms with Gasteiger partial charge in [0.05, 0.1) is 17.8 Å². The lowest BCUT2D eigenvalue weighted by molar-refractivity contribution is -0.120. The molecule has 0 unspecified atom stereocenters. The third kappa shape index (κ3) is 3.81. The molecule has 2 heterocycles. The predicted octanol–water partition coefficient (Wildman–Crippen LogP) is 3.50. The van der Waals surface area contributed by atoms with E-state index in [1.807, 2.05) is 41.8 Å². The summed E-state index contributed by atoms with van der Waals surface area (Å²) in [6, 6.07) is 11.3. The van der Waals surface area contributed by atoms with Crippen LogP contribution in [0, 0.1) is 0 Å². The van der Waals surface area contributed by atoms with Crippen molar-refractivity contribution in [3.05, 3.63) is 56.6 Å². The predicted molar refractivity (Wildman–Crippen MR) is 99.2 cm³/mol. The molecule has 0 aliphatic carbocycles. The van der Waals surface area contributed by atoms with Crippen LogP contribution in [0.4, 0.5) is 0 Å². The first-order valence-corrected chi connectivity index (χ1v) is 9.03. The molecule has 0 aliphatic heterocycles. The van der Waals surface area contributed by atoms with Crippen LogP contribution in [-0.2, 0) is 4.79 Å². The van der Waals surface area contributed by atoms with Gasteiger partial charge in [0.1, 0.15) is 4.88 Å². The molecule has 0 radical (unpaired) electrons. The Morgan fingerprint density at radius 2 is 2.04 bits per heavy atom. The highest BCUT2D eigenvalue weighted by Crippen LogP contribution is 2.34. The van der Waals surface area contributed by atoms with Crippen molar-refractivity contribution in [2.45, 2.75) is 0 Å². The number of nitrogens with one attached hydrogen (secondary N) is 2. The zero-order chi connectivity index (χ0) is 16.9. The lowest BCUT2D eigenvalue weighted by Crippen LogP contribution is -2.34. The fourth-order valence-corrected chi connectivity index (χ4v) is 3.99. The van der Waals surface area contributed by atoms with Crippen LogP contribution in [0.2, 0.25) is 5.02 Å². The summed E-state index contributed by atoms with van der Waals surface area (Å²) in [7, 11) is 0. The molecule has 0 bridgehead atoms. The van der Waals surface area contributed by atoms with E-state index in [2.05, 4.69) is 15.8 Å². The minimum absolute atomic E-state index is 0.175. The maximum Gasteiger partial charge on any atom is 0.263 e. The van der Waals surface area contributed by atoms with Crippen molar-refractivity contribution in [1.29, 1.82) is 0 Å². The van der Waals surface area contributed by atoms with Gasteiger partial charge in [-0.1, -0.05) is 35.9 Å². The van der Waals surface area contributed by atoms with E-state index in [0.29, 0.717) is 9.90 Å². The fourth-order valence-electron chi connectivity index (χ4n) is 1.97. The highest BCUT2D eigenvalue weighted by atomic mass is 35.5. The molecule has 8 heteroatoms. The van der Waals surface area contributed by atoms with Crippen LogP contribution in [-0.4, -0.2) is 24.6 Å². The maximum atomic E-state index is 12.2. The number of hydrogen-bond donors (Lipinski definition) is 2. The van der Waals surface area contributed by atoms with Crippen molar-refractivity contribution in [3.63, 3.8) is 0 Å². The smallest absolute Gasteiger partial charge is 0.263 e. The van der Waals surface area contributed by atoms with Crippen molar-refractivity contribution >= 4 is 62.4 Å². The number of thiophene rings is 2. The van der Waals surface area contributed by atoms with Crippen molar-refractivity contribution in [1.82, 2.24) is 10.7 Å². The third-order valence-corrected chi connectivity index (χ3v) is 5.56. The zero-order valence-electron chi connectivity index (χ0n) is 12.3. The molecule has 0 spiro atoms. The minimum Gasteiger partial charge on any atom is -0.342 e. The normalized spacial score (nSPS) is 11.0. The van der Waals surface area contributed by atoms with Gasteiger partial charge in [-0.15, -0.1) is 22.7 Å². The highest BCUT2D eigenvalue weighted by molar-refractivity contribution is 7.21. The highest BCUT2D eigenvalue weighted by Gasteiger charge is 2.17. The fraction of sp³-hybridized carbons (Fsp3) is 0.0625. The number of carbonyl (C=O) groups excluding carboxylic acids is 2. The molecular formula is C16H12ClN3O2S2. The quantitative estimate of drug-likeness (QED) is 0.527. The molecule has 3 aromatic rings. The molecule has 3 rings (SSSR count). The number of halogens is 1. The Bertz CT molecular complexity index is 903. The van der Waals surface area contributed by atoms with Crippen LogP contribution < -0.4 is 10.7 Å². The summed E-state index contributed by atoms with van der Waals surface area (Å²) < 4.78 is 0.928. The molecule has 0 saturated heterocycles. The SMILES string of the molecule is O=C(CNC(=O)c1sc2ccccc2c1Cl)NN=Cc1cccs1. The molecule has 0 fully saturated rings. The molecule has 2 N–H and O–H groups in total. The molecular weight excluding hydrogens is 366 g/mol. The van der Waals surface area contributed by atoms with Crippen LogP contribution >= 0.6 is 34.3 Å². The number of fused-ring (bicyclic) bond motifs is 1. The van der Waals surface area contributed by atoms with Crippen LogP contribution in [0.1, 0.15) is 14.5 Å². The molecule has 0 aliphatic rings. The van der Waals surface area contributed by atoms with E-state index in [0.717, 1.165) is 15.0 Å². The number of nitrogens with zero attached hydrogens (tertiary/aromatic N) is 1. The van der Waals surface area contributed by atoms with Gasteiger partial charge in [-0.25, -0.2) is 5.43 Å². The Morgan fingerprint density at radius 3 is 2.79 bits per heavy atom. The molecule has 2 aromatic heterocycles. The number of carbonyl (C=O) groups is 2. The number of amides is 2. The minimum atomic E-state index is -0.409. The molecule has 122 valence electrons. The van der Waals surface area contributed by atoms with Gasteiger partial charge in [-0.05, 0) is 17.5 Å². The Balaban J connectivity index is 1.56. The second-order valence-electron chi connectivity index (χ2n) is 4.73. The van der Waals surface area contributed by atoms with E-state index in [1.54, 1.807) is 6.21 Å². The van der Waals surface area contributed by atoms with Crippen molar-refractivity contribution in [2.24, 2.45) is 5.10 Å². The number of benzene rings is 1. The average molecular weight is 378 g/mol. The Morgan fingerprint density at radius 1 is 1.21 bits per heavy atom. The van der Waals surface area contributed by atoms with Crippen molar-refractivity contribution < 1.29 is 9.59 Å². The number of rotatable bonds is 5. The average Bonchev–Trinajstić information content (AvgIpc) is 3.21. The number of hydrogen-bond acceptors (Lipinski definition) is 5. The summed E-state index contributed by atoms with van der Waals surface area (Å²) in [4.78, 5) is 25.2. The van der Waals surface area contributed by atoms with Gasteiger partial charge in [0.25, 0.3) is 11.8 Å². The molecule has 0 saturated carbocycles. The summed E-state index contributed by atoms with van der Waals surface area (Å²) in [5.74, 6) is -0.785. The largest absolute Gasteiger partial charge is 0.342 e. The molecule has 24 heavy (non-hydrogen) atoms. The first-order chi connectivity index (χ1) is 11.6. The first-order valence-electron chi connectivity index (χ1n) is 6.96. The van der Waals surface area contributed by atoms with E-state index in [1.165, 1.54) is 22.7 Å². The summed E-state index contributed by atoms with van der Waals surface area (Å²) in [5.41, 5.74) is 2.36. The van der Waals surface area contributed by atoms with Gasteiger partial charge in [-0.3, -0.25) is 9.59 Å². The summed E-state index contributed by atoms with van der Waals surface area (Å²) in [5, 5.41) is 9.53. The van der Waals surface area contributed by atoms with Gasteiger partial charge >= 0.3 is 0 Å². The second kappa shape index (κ2) is 7.57. The summed E-state index contributed by atoms with van der Waals surface area (Å²) in [6.45, 7) is -0.175. The van der Waals surface area contributed by atoms with Crippen LogP contribution in [0.5, 0.6) is 0 Å². The third-order valence-electron chi connectivity index (χ3n) is 3.07. The standard InChI is InChI=1S/C16H12ClN3O2S2/c17-14-11-5-1-2-6-12(11)24-15(14)16(22)18-9-13(21)20-19-8-10-4-3-7-23-10/h1-8H,9H2,(H,18,22)(H,20,21). The second-order valence-corrected chi connectivity index (χ2v) is 7.14. The van der Waals surface area contributed by atoms with E-state index < -0.39 is 5.91 Å². The number of hydrazone groups is 1. The van der Waals surface area contributed by atoms with Crippen LogP contribution in [0.3, 0.4) is 0 Å². The van der Waals surface area contributed by atoms with Crippen LogP contribution in [0.15, 0.2) is 46.9 Å². The maximum absolute atomic E-state index is 12.2. The topological polar surface area (TPSA) is 70.6 Å². The van der Waals surface area contributed by atoms with Gasteiger partial charge < -0.3 is 5.32 Å². The Hall–Kier alpha value is -2.22. The Kier molecular flexibility index (Phi) is 5.24. The molecule has 1 aromatic carbocycles. The molecule has 0 atom stereocenters. The molecule has 2 amide bonds. The van der Waals surface area contributed by atoms with Gasteiger partial charge in [0.2, 0.25) is 0 Å². The summed E-state index contributed by atoms with van der Waals surface area (Å²) in [6.07, 6.45) is 1.55. The summed E-state index contributed by atoms with van der Waals surface area (Å²) >= 11 is 9.04. The lowest BCUT2D eigenvalue weighted by atomic mass is 10.2. The Labute approximate surface area is 151 Å². The van der Waals surface area contributed by atoms with E-state index in [4.69, 9.17) is 11.6 Å². The van der Waals surface area contributed by atoms with Crippen molar-refractivity contribution in [3.8, 4) is 0 Å². The monoisotopic (exact) mass is 377 g/mol.